The maximum Gasteiger partial charge on any atom is 0.263 e. The molecule has 0 aromatic carbocycles. The number of rotatable bonds is 2. The number of nitrogens with zero attached hydrogens (tertiary/aromatic N) is 6. The first-order chi connectivity index (χ1) is 12.1. The van der Waals surface area contributed by atoms with Gasteiger partial charge < -0.3 is 15.5 Å². The van der Waals surface area contributed by atoms with Crippen molar-refractivity contribution in [3.05, 3.63) is 28.6 Å². The summed E-state index contributed by atoms with van der Waals surface area (Å²) in [4.78, 5) is 26.4. The van der Waals surface area contributed by atoms with Crippen LogP contribution in [0.4, 0.5) is 11.8 Å². The maximum atomic E-state index is 12.6. The first kappa shape index (κ1) is 15.8. The van der Waals surface area contributed by atoms with Gasteiger partial charge in [-0.3, -0.25) is 9.48 Å². The zero-order valence-corrected chi connectivity index (χ0v) is 14.7. The third kappa shape index (κ3) is 2.91. The summed E-state index contributed by atoms with van der Waals surface area (Å²) < 4.78 is 1.70. The molecule has 1 aliphatic rings. The van der Waals surface area contributed by atoms with Crippen LogP contribution in [-0.4, -0.2) is 56.7 Å². The highest BCUT2D eigenvalue weighted by atomic mass is 32.1. The molecule has 0 saturated carbocycles. The molecule has 4 heterocycles. The molecule has 0 radical (unpaired) electrons. The van der Waals surface area contributed by atoms with E-state index in [4.69, 9.17) is 5.73 Å². The van der Waals surface area contributed by atoms with Gasteiger partial charge in [-0.25, -0.2) is 0 Å². The van der Waals surface area contributed by atoms with E-state index in [1.54, 1.807) is 10.9 Å². The minimum atomic E-state index is 0.0966. The largest absolute Gasteiger partial charge is 0.383 e. The van der Waals surface area contributed by atoms with Crippen LogP contribution >= 0.6 is 11.3 Å². The van der Waals surface area contributed by atoms with E-state index in [-0.39, 0.29) is 5.91 Å². The average molecular weight is 357 g/mol. The van der Waals surface area contributed by atoms with Gasteiger partial charge in [0.1, 0.15) is 5.82 Å². The summed E-state index contributed by atoms with van der Waals surface area (Å²) >= 11 is 1.48. The second kappa shape index (κ2) is 6.32. The summed E-state index contributed by atoms with van der Waals surface area (Å²) in [6.07, 6.45) is 2.54. The van der Waals surface area contributed by atoms with Crippen LogP contribution in [0.15, 0.2) is 23.7 Å². The summed E-state index contributed by atoms with van der Waals surface area (Å²) in [5, 5.41) is 6.88. The predicted octanol–water partition coefficient (Wildman–Crippen LogP) is 1.36. The Morgan fingerprint density at radius 3 is 2.92 bits per heavy atom. The Hall–Kier alpha value is -2.68. The summed E-state index contributed by atoms with van der Waals surface area (Å²) in [5.41, 5.74) is 6.78. The fourth-order valence-corrected chi connectivity index (χ4v) is 3.74. The molecule has 8 nitrogen and oxygen atoms in total. The lowest BCUT2D eigenvalue weighted by atomic mass is 10.3. The Bertz CT molecular complexity index is 905. The Morgan fingerprint density at radius 1 is 1.24 bits per heavy atom. The maximum absolute atomic E-state index is 12.6. The number of hydrogen-bond acceptors (Lipinski definition) is 7. The van der Waals surface area contributed by atoms with Crippen LogP contribution in [0.3, 0.4) is 0 Å². The van der Waals surface area contributed by atoms with Crippen molar-refractivity contribution >= 4 is 40.0 Å². The molecular formula is C16H19N7OS. The number of nitrogen functional groups attached to an aromatic ring is 1. The van der Waals surface area contributed by atoms with Crippen LogP contribution in [0.1, 0.15) is 16.1 Å². The fourth-order valence-electron chi connectivity index (χ4n) is 3.05. The standard InChI is InChI=1S/C16H19N7OS/c1-21-14-11(10-18-21)13(17)19-16(20-14)23-6-3-5-22(7-8-23)15(24)12-4-2-9-25-12/h2,4,9-10H,3,5-8H2,1H3,(H2,17,19,20). The van der Waals surface area contributed by atoms with E-state index < -0.39 is 0 Å². The lowest BCUT2D eigenvalue weighted by molar-refractivity contribution is 0.0772. The van der Waals surface area contributed by atoms with Gasteiger partial charge in [-0.05, 0) is 17.9 Å². The van der Waals surface area contributed by atoms with E-state index in [0.29, 0.717) is 24.9 Å². The van der Waals surface area contributed by atoms with Crippen molar-refractivity contribution in [2.45, 2.75) is 6.42 Å². The molecule has 0 atom stereocenters. The van der Waals surface area contributed by atoms with Gasteiger partial charge in [0.15, 0.2) is 5.65 Å². The third-order valence-electron chi connectivity index (χ3n) is 4.41. The van der Waals surface area contributed by atoms with Crippen LogP contribution in [0.25, 0.3) is 11.0 Å². The van der Waals surface area contributed by atoms with E-state index in [2.05, 4.69) is 20.0 Å². The minimum absolute atomic E-state index is 0.0966. The number of anilines is 2. The number of thiophene rings is 1. The highest BCUT2D eigenvalue weighted by Crippen LogP contribution is 2.22. The topological polar surface area (TPSA) is 93.2 Å². The van der Waals surface area contributed by atoms with Crippen molar-refractivity contribution in [1.82, 2.24) is 24.6 Å². The predicted molar refractivity (Wildman–Crippen MR) is 97.8 cm³/mol. The van der Waals surface area contributed by atoms with E-state index in [9.17, 15) is 4.79 Å². The normalized spacial score (nSPS) is 15.6. The molecule has 0 bridgehead atoms. The molecule has 0 unspecified atom stereocenters. The van der Waals surface area contributed by atoms with E-state index in [0.717, 1.165) is 35.4 Å². The number of carbonyl (C=O) groups is 1. The molecule has 3 aromatic rings. The second-order valence-corrected chi connectivity index (χ2v) is 6.97. The van der Waals surface area contributed by atoms with Crippen molar-refractivity contribution in [2.75, 3.05) is 36.8 Å². The number of aryl methyl sites for hydroxylation is 1. The third-order valence-corrected chi connectivity index (χ3v) is 5.27. The number of nitrogens with two attached hydrogens (primary N) is 1. The molecule has 9 heteroatoms. The lowest BCUT2D eigenvalue weighted by Gasteiger charge is -2.22. The molecule has 1 saturated heterocycles. The van der Waals surface area contributed by atoms with Crippen molar-refractivity contribution < 1.29 is 4.79 Å². The van der Waals surface area contributed by atoms with Crippen LogP contribution < -0.4 is 10.6 Å². The molecule has 1 fully saturated rings. The van der Waals surface area contributed by atoms with Gasteiger partial charge in [0, 0.05) is 33.2 Å². The molecule has 130 valence electrons. The van der Waals surface area contributed by atoms with Gasteiger partial charge >= 0.3 is 0 Å². The number of fused-ring (bicyclic) bond motifs is 1. The SMILES string of the molecule is Cn1ncc2c(N)nc(N3CCCN(C(=O)c4cccs4)CC3)nc21. The summed E-state index contributed by atoms with van der Waals surface area (Å²) in [5.74, 6) is 1.13. The highest BCUT2D eigenvalue weighted by Gasteiger charge is 2.23. The van der Waals surface area contributed by atoms with Gasteiger partial charge in [0.05, 0.1) is 16.5 Å². The van der Waals surface area contributed by atoms with Crippen LogP contribution in [-0.2, 0) is 7.05 Å². The number of carbonyl (C=O) groups excluding carboxylic acids is 1. The average Bonchev–Trinajstić information content (AvgIpc) is 3.19. The van der Waals surface area contributed by atoms with Crippen molar-refractivity contribution in [3.63, 3.8) is 0 Å². The first-order valence-electron chi connectivity index (χ1n) is 8.16. The van der Waals surface area contributed by atoms with Gasteiger partial charge in [0.25, 0.3) is 5.91 Å². The molecule has 1 amide bonds. The smallest absolute Gasteiger partial charge is 0.263 e. The zero-order chi connectivity index (χ0) is 17.4. The number of hydrogen-bond donors (Lipinski definition) is 1. The molecule has 25 heavy (non-hydrogen) atoms. The minimum Gasteiger partial charge on any atom is -0.383 e. The molecular weight excluding hydrogens is 338 g/mol. The highest BCUT2D eigenvalue weighted by molar-refractivity contribution is 7.12. The van der Waals surface area contributed by atoms with Crippen LogP contribution in [0.5, 0.6) is 0 Å². The summed E-state index contributed by atoms with van der Waals surface area (Å²) in [7, 11) is 1.84. The Balaban J connectivity index is 1.55. The molecule has 3 aromatic heterocycles. The molecule has 0 spiro atoms. The van der Waals surface area contributed by atoms with E-state index >= 15 is 0 Å². The summed E-state index contributed by atoms with van der Waals surface area (Å²) in [6.45, 7) is 2.84. The van der Waals surface area contributed by atoms with Crippen molar-refractivity contribution in [2.24, 2.45) is 7.05 Å². The first-order valence-corrected chi connectivity index (χ1v) is 9.04. The van der Waals surface area contributed by atoms with Crippen LogP contribution in [0, 0.1) is 0 Å². The van der Waals surface area contributed by atoms with Crippen molar-refractivity contribution in [1.29, 1.82) is 0 Å². The van der Waals surface area contributed by atoms with Gasteiger partial charge in [-0.1, -0.05) is 6.07 Å². The summed E-state index contributed by atoms with van der Waals surface area (Å²) in [6, 6.07) is 3.78. The van der Waals surface area contributed by atoms with Gasteiger partial charge in [0.2, 0.25) is 5.95 Å². The molecule has 0 aliphatic carbocycles. The monoisotopic (exact) mass is 357 g/mol. The number of amides is 1. The van der Waals surface area contributed by atoms with Crippen molar-refractivity contribution in [3.8, 4) is 0 Å². The fraction of sp³-hybridized carbons (Fsp3) is 0.375. The van der Waals surface area contributed by atoms with Gasteiger partial charge in [-0.2, -0.15) is 15.1 Å². The lowest BCUT2D eigenvalue weighted by Crippen LogP contribution is -2.35. The Labute approximate surface area is 148 Å². The number of aromatic nitrogens is 4. The molecule has 1 aliphatic heterocycles. The van der Waals surface area contributed by atoms with Crippen LogP contribution in [0.2, 0.25) is 0 Å². The quantitative estimate of drug-likeness (QED) is 0.744. The van der Waals surface area contributed by atoms with E-state index in [1.165, 1.54) is 11.3 Å². The Morgan fingerprint density at radius 2 is 2.12 bits per heavy atom. The zero-order valence-electron chi connectivity index (χ0n) is 13.9. The van der Waals surface area contributed by atoms with Gasteiger partial charge in [-0.15, -0.1) is 11.3 Å². The van der Waals surface area contributed by atoms with E-state index in [1.807, 2.05) is 29.5 Å². The molecule has 4 rings (SSSR count). The second-order valence-electron chi connectivity index (χ2n) is 6.02. The Kier molecular flexibility index (Phi) is 4.00. The molecule has 2 N–H and O–H groups in total.